The van der Waals surface area contributed by atoms with Gasteiger partial charge in [-0.15, -0.1) is 11.3 Å². The fraction of sp³-hybridized carbons (Fsp3) is 0. The molecule has 3 aromatic heterocycles. The topological polar surface area (TPSA) is 38.9 Å². The number of nitrogens with zero attached hydrogens (tertiary/aromatic N) is 2. The van der Waals surface area contributed by atoms with Gasteiger partial charge < -0.3 is 4.42 Å². The highest BCUT2D eigenvalue weighted by molar-refractivity contribution is 7.26. The van der Waals surface area contributed by atoms with Gasteiger partial charge >= 0.3 is 0 Å². The van der Waals surface area contributed by atoms with Crippen LogP contribution in [0, 0.1) is 0 Å². The predicted molar refractivity (Wildman–Crippen MR) is 184 cm³/mol. The van der Waals surface area contributed by atoms with E-state index in [9.17, 15) is 0 Å². The molecule has 6 aromatic carbocycles. The standard InChI is InChI=1S/C40H24N2OS/c1-4-12-25(13-5-1)29-23-31(26-14-6-2-7-15-26)38-33(24-29)32-22-28(20-21-34(32)43-38)40-41-36(27-16-8-3-9-17-27)39-37(42-40)30-18-10-11-19-35(30)44-39/h1-24H. The number of hydrogen-bond donors (Lipinski definition) is 0. The molecule has 0 saturated heterocycles. The van der Waals surface area contributed by atoms with Crippen LogP contribution < -0.4 is 0 Å². The average Bonchev–Trinajstić information content (AvgIpc) is 3.66. The molecule has 9 aromatic rings. The molecule has 0 unspecified atom stereocenters. The molecule has 0 spiro atoms. The molecule has 0 aliphatic carbocycles. The summed E-state index contributed by atoms with van der Waals surface area (Å²) in [5.41, 5.74) is 10.2. The first kappa shape index (κ1) is 25.0. The van der Waals surface area contributed by atoms with Crippen molar-refractivity contribution in [3.8, 4) is 44.9 Å². The highest BCUT2D eigenvalue weighted by atomic mass is 32.1. The Kier molecular flexibility index (Phi) is 5.68. The lowest BCUT2D eigenvalue weighted by molar-refractivity contribution is 0.670. The van der Waals surface area contributed by atoms with E-state index in [4.69, 9.17) is 14.4 Å². The summed E-state index contributed by atoms with van der Waals surface area (Å²) in [7, 11) is 0. The number of rotatable bonds is 4. The molecule has 3 nitrogen and oxygen atoms in total. The first-order valence-corrected chi connectivity index (χ1v) is 15.5. The van der Waals surface area contributed by atoms with Crippen molar-refractivity contribution in [2.75, 3.05) is 0 Å². The van der Waals surface area contributed by atoms with Crippen LogP contribution in [-0.2, 0) is 0 Å². The molecule has 0 aliphatic heterocycles. The molecule has 0 saturated carbocycles. The quantitative estimate of drug-likeness (QED) is 0.208. The van der Waals surface area contributed by atoms with E-state index in [0.717, 1.165) is 71.1 Å². The zero-order chi connectivity index (χ0) is 29.0. The maximum atomic E-state index is 6.59. The molecule has 0 fully saturated rings. The van der Waals surface area contributed by atoms with Gasteiger partial charge in [0.15, 0.2) is 5.82 Å². The van der Waals surface area contributed by atoms with E-state index in [1.54, 1.807) is 11.3 Å². The summed E-state index contributed by atoms with van der Waals surface area (Å²) >= 11 is 1.75. The van der Waals surface area contributed by atoms with Crippen LogP contribution in [-0.4, -0.2) is 9.97 Å². The van der Waals surface area contributed by atoms with Crippen molar-refractivity contribution in [3.05, 3.63) is 146 Å². The van der Waals surface area contributed by atoms with Gasteiger partial charge in [-0.2, -0.15) is 0 Å². The Bertz CT molecular complexity index is 2480. The van der Waals surface area contributed by atoms with E-state index >= 15 is 0 Å². The fourth-order valence-electron chi connectivity index (χ4n) is 6.16. The second kappa shape index (κ2) is 10.0. The minimum Gasteiger partial charge on any atom is -0.455 e. The van der Waals surface area contributed by atoms with Crippen LogP contribution in [0.4, 0.5) is 0 Å². The Morgan fingerprint density at radius 3 is 1.91 bits per heavy atom. The van der Waals surface area contributed by atoms with Crippen LogP contribution in [0.25, 0.3) is 87.1 Å². The van der Waals surface area contributed by atoms with Gasteiger partial charge in [-0.3, -0.25) is 0 Å². The first-order chi connectivity index (χ1) is 21.8. The Labute approximate surface area is 257 Å². The van der Waals surface area contributed by atoms with Gasteiger partial charge in [0.2, 0.25) is 0 Å². The summed E-state index contributed by atoms with van der Waals surface area (Å²) in [6, 6.07) is 50.7. The van der Waals surface area contributed by atoms with Crippen molar-refractivity contribution in [3.63, 3.8) is 0 Å². The predicted octanol–water partition coefficient (Wildman–Crippen LogP) is 11.4. The van der Waals surface area contributed by atoms with Crippen molar-refractivity contribution < 1.29 is 4.42 Å². The van der Waals surface area contributed by atoms with Crippen LogP contribution in [0.15, 0.2) is 150 Å². The molecule has 0 N–H and O–H groups in total. The maximum absolute atomic E-state index is 6.59. The monoisotopic (exact) mass is 580 g/mol. The second-order valence-corrected chi connectivity index (χ2v) is 12.0. The largest absolute Gasteiger partial charge is 0.455 e. The van der Waals surface area contributed by atoms with E-state index < -0.39 is 0 Å². The fourth-order valence-corrected chi connectivity index (χ4v) is 7.31. The van der Waals surface area contributed by atoms with E-state index in [2.05, 4.69) is 133 Å². The van der Waals surface area contributed by atoms with Crippen molar-refractivity contribution >= 4 is 53.6 Å². The zero-order valence-electron chi connectivity index (χ0n) is 23.6. The van der Waals surface area contributed by atoms with Crippen LogP contribution in [0.1, 0.15) is 0 Å². The highest BCUT2D eigenvalue weighted by Gasteiger charge is 2.19. The molecule has 0 radical (unpaired) electrons. The molecule has 4 heteroatoms. The number of furan rings is 1. The smallest absolute Gasteiger partial charge is 0.160 e. The van der Waals surface area contributed by atoms with Gasteiger partial charge in [-0.25, -0.2) is 9.97 Å². The molecule has 0 amide bonds. The highest BCUT2D eigenvalue weighted by Crippen LogP contribution is 2.42. The van der Waals surface area contributed by atoms with Crippen molar-refractivity contribution in [2.45, 2.75) is 0 Å². The minimum absolute atomic E-state index is 0.707. The third kappa shape index (κ3) is 4.03. The molecule has 3 heterocycles. The Morgan fingerprint density at radius 2 is 1.14 bits per heavy atom. The van der Waals surface area contributed by atoms with E-state index in [0.29, 0.717) is 5.82 Å². The van der Waals surface area contributed by atoms with E-state index in [-0.39, 0.29) is 0 Å². The SMILES string of the molecule is c1ccc(-c2cc(-c3ccccc3)c3oc4ccc(-c5nc(-c6ccccc6)c6sc7ccccc7c6n5)cc4c3c2)cc1. The molecule has 0 atom stereocenters. The summed E-state index contributed by atoms with van der Waals surface area (Å²) in [6.45, 7) is 0. The molecular formula is C40H24N2OS. The number of hydrogen-bond acceptors (Lipinski definition) is 4. The lowest BCUT2D eigenvalue weighted by Gasteiger charge is -2.08. The Morgan fingerprint density at radius 1 is 0.477 bits per heavy atom. The zero-order valence-corrected chi connectivity index (χ0v) is 24.4. The normalized spacial score (nSPS) is 11.6. The number of thiophene rings is 1. The molecule has 0 bridgehead atoms. The summed E-state index contributed by atoms with van der Waals surface area (Å²) in [4.78, 5) is 10.4. The van der Waals surface area contributed by atoms with Crippen LogP contribution in [0.5, 0.6) is 0 Å². The number of fused-ring (bicyclic) bond motifs is 6. The van der Waals surface area contributed by atoms with Crippen molar-refractivity contribution in [2.24, 2.45) is 0 Å². The first-order valence-electron chi connectivity index (χ1n) is 14.7. The number of aromatic nitrogens is 2. The molecule has 0 aliphatic rings. The lowest BCUT2D eigenvalue weighted by Crippen LogP contribution is -1.93. The third-order valence-corrected chi connectivity index (χ3v) is 9.45. The van der Waals surface area contributed by atoms with Crippen LogP contribution >= 0.6 is 11.3 Å². The lowest BCUT2D eigenvalue weighted by atomic mass is 9.95. The third-order valence-electron chi connectivity index (χ3n) is 8.29. The Hall–Kier alpha value is -5.58. The van der Waals surface area contributed by atoms with Crippen LogP contribution in [0.2, 0.25) is 0 Å². The molecule has 9 rings (SSSR count). The van der Waals surface area contributed by atoms with Gasteiger partial charge in [0.05, 0.1) is 15.9 Å². The van der Waals surface area contributed by atoms with Crippen LogP contribution in [0.3, 0.4) is 0 Å². The van der Waals surface area contributed by atoms with Crippen molar-refractivity contribution in [1.82, 2.24) is 9.97 Å². The average molecular weight is 581 g/mol. The Balaban J connectivity index is 1.31. The number of benzene rings is 6. The summed E-state index contributed by atoms with van der Waals surface area (Å²) in [6.07, 6.45) is 0. The van der Waals surface area contributed by atoms with E-state index in [1.165, 1.54) is 10.3 Å². The molecular weight excluding hydrogens is 557 g/mol. The van der Waals surface area contributed by atoms with Gasteiger partial charge in [0, 0.05) is 37.5 Å². The van der Waals surface area contributed by atoms with Crippen molar-refractivity contribution in [1.29, 1.82) is 0 Å². The maximum Gasteiger partial charge on any atom is 0.160 e. The summed E-state index contributed by atoms with van der Waals surface area (Å²) < 4.78 is 8.91. The van der Waals surface area contributed by atoms with E-state index in [1.807, 2.05) is 12.1 Å². The van der Waals surface area contributed by atoms with Gasteiger partial charge in [-0.05, 0) is 53.1 Å². The summed E-state index contributed by atoms with van der Waals surface area (Å²) in [5, 5.41) is 3.28. The molecule has 206 valence electrons. The van der Waals surface area contributed by atoms with Gasteiger partial charge in [-0.1, -0.05) is 109 Å². The minimum atomic E-state index is 0.707. The van der Waals surface area contributed by atoms with Gasteiger partial charge in [0.25, 0.3) is 0 Å². The van der Waals surface area contributed by atoms with Gasteiger partial charge in [0.1, 0.15) is 11.2 Å². The second-order valence-electron chi connectivity index (χ2n) is 11.0. The summed E-state index contributed by atoms with van der Waals surface area (Å²) in [5.74, 6) is 0.707. The molecule has 44 heavy (non-hydrogen) atoms.